The second-order valence-corrected chi connectivity index (χ2v) is 10.6. The van der Waals surface area contributed by atoms with Crippen molar-refractivity contribution in [2.45, 2.75) is 32.9 Å². The van der Waals surface area contributed by atoms with Crippen LogP contribution in [0.15, 0.2) is 109 Å². The van der Waals surface area contributed by atoms with Crippen LogP contribution < -0.4 is 4.90 Å². The number of nitrogens with zero attached hydrogens (tertiary/aromatic N) is 6. The zero-order valence-corrected chi connectivity index (χ0v) is 24.5. The van der Waals surface area contributed by atoms with Gasteiger partial charge in [-0.25, -0.2) is 4.79 Å². The molecule has 2 N–H and O–H groups in total. The number of benzene rings is 4. The number of hydrogen-bond acceptors (Lipinski definition) is 6. The molecule has 44 heavy (non-hydrogen) atoms. The lowest BCUT2D eigenvalue weighted by Gasteiger charge is -2.23. The fourth-order valence-electron chi connectivity index (χ4n) is 5.54. The molecule has 220 valence electrons. The minimum Gasteiger partial charge on any atom is -0.477 e. The number of carboxylic acid groups (broad SMARTS) is 1. The van der Waals surface area contributed by atoms with Gasteiger partial charge in [0.25, 0.3) is 0 Å². The summed E-state index contributed by atoms with van der Waals surface area (Å²) in [5.41, 5.74) is 6.83. The van der Waals surface area contributed by atoms with E-state index >= 15 is 0 Å². The number of rotatable bonds is 12. The number of carboxylic acids is 1. The first kappa shape index (κ1) is 28.5. The summed E-state index contributed by atoms with van der Waals surface area (Å²) in [6.07, 6.45) is 1.58. The quantitative estimate of drug-likeness (QED) is 0.164. The van der Waals surface area contributed by atoms with Gasteiger partial charge in [0.2, 0.25) is 5.82 Å². The highest BCUT2D eigenvalue weighted by Crippen LogP contribution is 2.34. The van der Waals surface area contributed by atoms with Crippen LogP contribution in [0, 0.1) is 0 Å². The van der Waals surface area contributed by atoms with E-state index in [-0.39, 0.29) is 5.56 Å². The van der Waals surface area contributed by atoms with Crippen LogP contribution in [0.1, 0.15) is 34.8 Å². The van der Waals surface area contributed by atoms with Gasteiger partial charge in [-0.05, 0) is 40.3 Å². The summed E-state index contributed by atoms with van der Waals surface area (Å²) in [4.78, 5) is 15.0. The molecule has 0 bridgehead atoms. The van der Waals surface area contributed by atoms with Crippen LogP contribution >= 0.6 is 0 Å². The molecule has 0 atom stereocenters. The molecule has 0 saturated carbocycles. The van der Waals surface area contributed by atoms with Crippen LogP contribution in [-0.2, 0) is 19.5 Å². The van der Waals surface area contributed by atoms with Crippen molar-refractivity contribution in [3.05, 3.63) is 126 Å². The largest absolute Gasteiger partial charge is 0.477 e. The molecule has 0 fully saturated rings. The third-order valence-corrected chi connectivity index (χ3v) is 7.59. The molecule has 0 aliphatic heterocycles. The van der Waals surface area contributed by atoms with Gasteiger partial charge >= 0.3 is 5.97 Å². The fraction of sp³-hybridized carbons (Fsp3) is 0.171. The van der Waals surface area contributed by atoms with Gasteiger partial charge in [0.1, 0.15) is 5.56 Å². The van der Waals surface area contributed by atoms with Crippen LogP contribution in [0.4, 0.5) is 5.82 Å². The van der Waals surface area contributed by atoms with E-state index in [9.17, 15) is 9.90 Å². The Morgan fingerprint density at radius 1 is 0.818 bits per heavy atom. The zero-order valence-electron chi connectivity index (χ0n) is 24.5. The first-order valence-corrected chi connectivity index (χ1v) is 14.7. The molecule has 9 heteroatoms. The minimum atomic E-state index is -0.987. The Hall–Kier alpha value is -5.57. The van der Waals surface area contributed by atoms with E-state index in [1.54, 1.807) is 0 Å². The number of hydrogen-bond donors (Lipinski definition) is 2. The number of tetrazole rings is 1. The molecular formula is C35H33N7O2. The highest BCUT2D eigenvalue weighted by Gasteiger charge is 2.28. The number of carbonyl (C=O) groups is 1. The van der Waals surface area contributed by atoms with Gasteiger partial charge in [-0.3, -0.25) is 4.68 Å². The highest BCUT2D eigenvalue weighted by atomic mass is 16.4. The van der Waals surface area contributed by atoms with Gasteiger partial charge < -0.3 is 10.0 Å². The number of nitrogens with one attached hydrogen (secondary N) is 1. The van der Waals surface area contributed by atoms with Crippen LogP contribution in [0.2, 0.25) is 0 Å². The second-order valence-electron chi connectivity index (χ2n) is 10.6. The Kier molecular flexibility index (Phi) is 8.54. The van der Waals surface area contributed by atoms with Crippen LogP contribution in [0.5, 0.6) is 0 Å². The average molecular weight is 584 g/mol. The van der Waals surface area contributed by atoms with Gasteiger partial charge in [0.15, 0.2) is 5.82 Å². The molecule has 0 saturated heterocycles. The van der Waals surface area contributed by atoms with Crippen molar-refractivity contribution in [1.82, 2.24) is 30.4 Å². The topological polar surface area (TPSA) is 113 Å². The summed E-state index contributed by atoms with van der Waals surface area (Å²) in [6, 6.07) is 36.1. The Morgan fingerprint density at radius 2 is 1.50 bits per heavy atom. The molecule has 6 rings (SSSR count). The summed E-state index contributed by atoms with van der Waals surface area (Å²) in [5, 5.41) is 30.1. The summed E-state index contributed by atoms with van der Waals surface area (Å²) < 4.78 is 1.86. The molecule has 2 heterocycles. The summed E-state index contributed by atoms with van der Waals surface area (Å²) >= 11 is 0. The van der Waals surface area contributed by atoms with Gasteiger partial charge in [0, 0.05) is 30.8 Å². The van der Waals surface area contributed by atoms with Gasteiger partial charge in [-0.1, -0.05) is 116 Å². The number of H-pyrrole nitrogens is 1. The average Bonchev–Trinajstić information content (AvgIpc) is 3.74. The van der Waals surface area contributed by atoms with Gasteiger partial charge in [-0.15, -0.1) is 10.2 Å². The first-order valence-electron chi connectivity index (χ1n) is 14.7. The smallest absolute Gasteiger partial charge is 0.341 e. The maximum Gasteiger partial charge on any atom is 0.341 e. The van der Waals surface area contributed by atoms with Crippen molar-refractivity contribution in [3.63, 3.8) is 0 Å². The third-order valence-electron chi connectivity index (χ3n) is 7.59. The summed E-state index contributed by atoms with van der Waals surface area (Å²) in [5.74, 6) is 0.0363. The summed E-state index contributed by atoms with van der Waals surface area (Å²) in [7, 11) is 0. The fourth-order valence-corrected chi connectivity index (χ4v) is 5.54. The Bertz CT molecular complexity index is 1820. The van der Waals surface area contributed by atoms with E-state index in [0.717, 1.165) is 40.7 Å². The monoisotopic (exact) mass is 583 g/mol. The molecule has 4 aromatic carbocycles. The van der Waals surface area contributed by atoms with E-state index in [0.29, 0.717) is 37.0 Å². The predicted molar refractivity (Wildman–Crippen MR) is 171 cm³/mol. The lowest BCUT2D eigenvalue weighted by Crippen LogP contribution is -2.26. The lowest BCUT2D eigenvalue weighted by atomic mass is 9.98. The maximum atomic E-state index is 12.9. The van der Waals surface area contributed by atoms with E-state index in [4.69, 9.17) is 5.10 Å². The van der Waals surface area contributed by atoms with Crippen molar-refractivity contribution in [2.24, 2.45) is 0 Å². The molecule has 6 aromatic rings. The van der Waals surface area contributed by atoms with E-state index < -0.39 is 5.97 Å². The highest BCUT2D eigenvalue weighted by molar-refractivity contribution is 6.00. The number of anilines is 1. The number of aromatic nitrogens is 6. The molecule has 0 spiro atoms. The standard InChI is InChI=1S/C35H33N7O2/c1-2-22-41(24-26-17-19-27(20-18-26)29-15-9-10-16-30(29)33-36-39-40-37-33)34-31(35(43)44)32(28-13-7-4-8-14-28)42(38-34)23-21-25-11-5-3-6-12-25/h3-20H,2,21-24H2,1H3,(H,43,44)(H,36,37,39,40). The molecule has 0 amide bonds. The van der Waals surface area contributed by atoms with Crippen LogP contribution in [0.25, 0.3) is 33.8 Å². The maximum absolute atomic E-state index is 12.9. The van der Waals surface area contributed by atoms with E-state index in [2.05, 4.69) is 68.8 Å². The number of aromatic amines is 1. The normalized spacial score (nSPS) is 11.0. The van der Waals surface area contributed by atoms with Crippen molar-refractivity contribution in [1.29, 1.82) is 0 Å². The number of aromatic carboxylic acids is 1. The molecule has 9 nitrogen and oxygen atoms in total. The van der Waals surface area contributed by atoms with Crippen LogP contribution in [-0.4, -0.2) is 48.0 Å². The molecular weight excluding hydrogens is 550 g/mol. The van der Waals surface area contributed by atoms with Crippen LogP contribution in [0.3, 0.4) is 0 Å². The molecule has 0 aliphatic carbocycles. The SMILES string of the molecule is CCCN(Cc1ccc(-c2ccccc2-c2nn[nH]n2)cc1)c1nn(CCc2ccccc2)c(-c2ccccc2)c1C(=O)O. The van der Waals surface area contributed by atoms with Gasteiger partial charge in [0.05, 0.1) is 5.69 Å². The first-order chi connectivity index (χ1) is 21.6. The van der Waals surface area contributed by atoms with Crippen molar-refractivity contribution >= 4 is 11.8 Å². The Labute approximate surface area is 255 Å². The zero-order chi connectivity index (χ0) is 30.3. The van der Waals surface area contributed by atoms with Crippen molar-refractivity contribution in [2.75, 3.05) is 11.4 Å². The van der Waals surface area contributed by atoms with Crippen molar-refractivity contribution < 1.29 is 9.90 Å². The minimum absolute atomic E-state index is 0.225. The third kappa shape index (κ3) is 6.12. The predicted octanol–water partition coefficient (Wildman–Crippen LogP) is 6.75. The molecule has 0 radical (unpaired) electrons. The molecule has 0 aliphatic rings. The van der Waals surface area contributed by atoms with E-state index in [1.165, 1.54) is 5.56 Å². The van der Waals surface area contributed by atoms with Crippen molar-refractivity contribution in [3.8, 4) is 33.8 Å². The molecule has 0 unspecified atom stereocenters. The lowest BCUT2D eigenvalue weighted by molar-refractivity contribution is 0.0698. The van der Waals surface area contributed by atoms with Gasteiger partial charge in [-0.2, -0.15) is 10.3 Å². The second kappa shape index (κ2) is 13.2. The van der Waals surface area contributed by atoms with E-state index in [1.807, 2.05) is 77.5 Å². The Balaban J connectivity index is 1.34. The summed E-state index contributed by atoms with van der Waals surface area (Å²) in [6.45, 7) is 3.83. The Morgan fingerprint density at radius 3 is 2.16 bits per heavy atom. The number of aryl methyl sites for hydroxylation is 2. The molecule has 2 aromatic heterocycles.